The lowest BCUT2D eigenvalue weighted by atomic mass is 10.2. The normalized spacial score (nSPS) is 10.5. The molecule has 0 bridgehead atoms. The molecule has 0 radical (unpaired) electrons. The Bertz CT molecular complexity index is 772. The van der Waals surface area contributed by atoms with Gasteiger partial charge < -0.3 is 14.6 Å². The number of nitrogens with zero attached hydrogens (tertiary/aromatic N) is 4. The molecule has 22 heavy (non-hydrogen) atoms. The van der Waals surface area contributed by atoms with E-state index >= 15 is 0 Å². The third-order valence-corrected chi connectivity index (χ3v) is 3.11. The fourth-order valence-electron chi connectivity index (χ4n) is 2.06. The number of methoxy groups -OCH3 is 1. The molecule has 0 amide bonds. The van der Waals surface area contributed by atoms with Gasteiger partial charge in [-0.2, -0.15) is 4.98 Å². The Hall–Kier alpha value is -2.96. The van der Waals surface area contributed by atoms with Gasteiger partial charge in [0, 0.05) is 18.3 Å². The predicted molar refractivity (Wildman–Crippen MR) is 80.4 cm³/mol. The molecular formula is C15H15N5O2. The van der Waals surface area contributed by atoms with Crippen molar-refractivity contribution in [1.29, 1.82) is 0 Å². The lowest BCUT2D eigenvalue weighted by molar-refractivity contribution is 0.410. The average molecular weight is 297 g/mol. The minimum atomic E-state index is 0.389. The summed E-state index contributed by atoms with van der Waals surface area (Å²) < 4.78 is 10.5. The standard InChI is InChI=1S/C15H15N5O2/c1-10-19-15(22-20-10)12-8-16-9-18-14(12)17-7-11-5-3-4-6-13(11)21-2/h3-6,8-9H,7H2,1-2H3,(H,16,17,18). The van der Waals surface area contributed by atoms with Crippen molar-refractivity contribution in [3.05, 3.63) is 48.2 Å². The molecule has 0 saturated heterocycles. The van der Waals surface area contributed by atoms with Crippen LogP contribution in [0.15, 0.2) is 41.3 Å². The summed E-state index contributed by atoms with van der Waals surface area (Å²) in [6, 6.07) is 7.80. The number of hydrogen-bond acceptors (Lipinski definition) is 7. The second-order valence-electron chi connectivity index (χ2n) is 4.60. The molecule has 1 aromatic carbocycles. The van der Waals surface area contributed by atoms with Gasteiger partial charge in [-0.05, 0) is 13.0 Å². The second-order valence-corrected chi connectivity index (χ2v) is 4.60. The zero-order valence-corrected chi connectivity index (χ0v) is 12.3. The summed E-state index contributed by atoms with van der Waals surface area (Å²) in [4.78, 5) is 12.5. The van der Waals surface area contributed by atoms with Crippen LogP contribution in [-0.4, -0.2) is 27.2 Å². The van der Waals surface area contributed by atoms with Crippen molar-refractivity contribution in [2.45, 2.75) is 13.5 Å². The highest BCUT2D eigenvalue weighted by molar-refractivity contribution is 5.67. The maximum atomic E-state index is 5.34. The molecule has 0 fully saturated rings. The molecular weight excluding hydrogens is 282 g/mol. The van der Waals surface area contributed by atoms with Crippen LogP contribution >= 0.6 is 0 Å². The average Bonchev–Trinajstić information content (AvgIpc) is 3.00. The molecule has 3 rings (SSSR count). The van der Waals surface area contributed by atoms with E-state index in [1.54, 1.807) is 20.2 Å². The minimum absolute atomic E-state index is 0.389. The smallest absolute Gasteiger partial charge is 0.263 e. The van der Waals surface area contributed by atoms with E-state index in [1.807, 2.05) is 24.3 Å². The van der Waals surface area contributed by atoms with Crippen LogP contribution in [0.25, 0.3) is 11.5 Å². The number of benzene rings is 1. The summed E-state index contributed by atoms with van der Waals surface area (Å²) in [7, 11) is 1.65. The minimum Gasteiger partial charge on any atom is -0.496 e. The first kappa shape index (κ1) is 14.0. The van der Waals surface area contributed by atoms with Gasteiger partial charge in [-0.15, -0.1) is 0 Å². The first-order valence-corrected chi connectivity index (χ1v) is 6.74. The van der Waals surface area contributed by atoms with Crippen LogP contribution in [-0.2, 0) is 6.54 Å². The number of para-hydroxylation sites is 1. The van der Waals surface area contributed by atoms with E-state index < -0.39 is 0 Å². The van der Waals surface area contributed by atoms with Crippen molar-refractivity contribution in [2.24, 2.45) is 0 Å². The highest BCUT2D eigenvalue weighted by Gasteiger charge is 2.13. The summed E-state index contributed by atoms with van der Waals surface area (Å²) in [6.07, 6.45) is 3.11. The molecule has 2 heterocycles. The van der Waals surface area contributed by atoms with E-state index in [4.69, 9.17) is 9.26 Å². The fourth-order valence-corrected chi connectivity index (χ4v) is 2.06. The van der Waals surface area contributed by atoms with Crippen molar-refractivity contribution < 1.29 is 9.26 Å². The predicted octanol–water partition coefficient (Wildman–Crippen LogP) is 2.46. The molecule has 0 saturated carbocycles. The lowest BCUT2D eigenvalue weighted by Crippen LogP contribution is -2.05. The van der Waals surface area contributed by atoms with Crippen LogP contribution in [0.3, 0.4) is 0 Å². The molecule has 1 N–H and O–H groups in total. The lowest BCUT2D eigenvalue weighted by Gasteiger charge is -2.11. The van der Waals surface area contributed by atoms with E-state index in [0.29, 0.717) is 29.6 Å². The monoisotopic (exact) mass is 297 g/mol. The van der Waals surface area contributed by atoms with Gasteiger partial charge in [-0.1, -0.05) is 23.4 Å². The van der Waals surface area contributed by atoms with E-state index in [9.17, 15) is 0 Å². The van der Waals surface area contributed by atoms with Gasteiger partial charge in [0.05, 0.1) is 7.11 Å². The number of hydrogen-bond donors (Lipinski definition) is 1. The third kappa shape index (κ3) is 2.88. The first-order valence-electron chi connectivity index (χ1n) is 6.74. The van der Waals surface area contributed by atoms with Gasteiger partial charge in [0.1, 0.15) is 23.5 Å². The van der Waals surface area contributed by atoms with E-state index in [1.165, 1.54) is 6.33 Å². The topological polar surface area (TPSA) is 86.0 Å². The van der Waals surface area contributed by atoms with E-state index in [0.717, 1.165) is 11.3 Å². The van der Waals surface area contributed by atoms with Crippen LogP contribution in [0, 0.1) is 6.92 Å². The maximum Gasteiger partial charge on any atom is 0.263 e. The van der Waals surface area contributed by atoms with Crippen molar-refractivity contribution >= 4 is 5.82 Å². The number of ether oxygens (including phenoxy) is 1. The molecule has 112 valence electrons. The number of aromatic nitrogens is 4. The summed E-state index contributed by atoms with van der Waals surface area (Å²) >= 11 is 0. The number of nitrogens with one attached hydrogen (secondary N) is 1. The van der Waals surface area contributed by atoms with Gasteiger partial charge in [-0.25, -0.2) is 9.97 Å². The molecule has 0 unspecified atom stereocenters. The molecule has 3 aromatic rings. The summed E-state index contributed by atoms with van der Waals surface area (Å²) in [5, 5.41) is 7.04. The second kappa shape index (κ2) is 6.21. The van der Waals surface area contributed by atoms with Crippen molar-refractivity contribution in [2.75, 3.05) is 12.4 Å². The Morgan fingerprint density at radius 1 is 1.27 bits per heavy atom. The summed E-state index contributed by atoms with van der Waals surface area (Å²) in [5.41, 5.74) is 1.69. The van der Waals surface area contributed by atoms with E-state index in [2.05, 4.69) is 25.4 Å². The Morgan fingerprint density at radius 2 is 2.14 bits per heavy atom. The number of aryl methyl sites for hydroxylation is 1. The number of anilines is 1. The fraction of sp³-hybridized carbons (Fsp3) is 0.200. The van der Waals surface area contributed by atoms with Crippen molar-refractivity contribution in [3.63, 3.8) is 0 Å². The van der Waals surface area contributed by atoms with Gasteiger partial charge in [0.25, 0.3) is 5.89 Å². The van der Waals surface area contributed by atoms with Crippen LogP contribution in [0.4, 0.5) is 5.82 Å². The third-order valence-electron chi connectivity index (χ3n) is 3.11. The van der Waals surface area contributed by atoms with Gasteiger partial charge >= 0.3 is 0 Å². The zero-order valence-electron chi connectivity index (χ0n) is 12.3. The highest BCUT2D eigenvalue weighted by atomic mass is 16.5. The van der Waals surface area contributed by atoms with Crippen LogP contribution in [0.2, 0.25) is 0 Å². The van der Waals surface area contributed by atoms with Crippen molar-refractivity contribution in [1.82, 2.24) is 20.1 Å². The summed E-state index contributed by atoms with van der Waals surface area (Å²) in [6.45, 7) is 2.32. The van der Waals surface area contributed by atoms with Crippen molar-refractivity contribution in [3.8, 4) is 17.2 Å². The first-order chi connectivity index (χ1) is 10.8. The maximum absolute atomic E-state index is 5.34. The van der Waals surface area contributed by atoms with Crippen LogP contribution in [0.5, 0.6) is 5.75 Å². The van der Waals surface area contributed by atoms with Gasteiger partial charge in [0.15, 0.2) is 5.82 Å². The van der Waals surface area contributed by atoms with Gasteiger partial charge in [0.2, 0.25) is 0 Å². The molecule has 0 aliphatic heterocycles. The number of rotatable bonds is 5. The molecule has 7 nitrogen and oxygen atoms in total. The Labute approximate surface area is 127 Å². The highest BCUT2D eigenvalue weighted by Crippen LogP contribution is 2.25. The molecule has 0 aliphatic rings. The molecule has 0 aliphatic carbocycles. The molecule has 2 aromatic heterocycles. The molecule has 7 heteroatoms. The Balaban J connectivity index is 1.84. The van der Waals surface area contributed by atoms with Gasteiger partial charge in [-0.3, -0.25) is 0 Å². The largest absolute Gasteiger partial charge is 0.496 e. The Kier molecular flexibility index (Phi) is 3.95. The van der Waals surface area contributed by atoms with Crippen LogP contribution < -0.4 is 10.1 Å². The molecule has 0 atom stereocenters. The Morgan fingerprint density at radius 3 is 2.91 bits per heavy atom. The van der Waals surface area contributed by atoms with E-state index in [-0.39, 0.29) is 0 Å². The van der Waals surface area contributed by atoms with Crippen LogP contribution in [0.1, 0.15) is 11.4 Å². The summed E-state index contributed by atoms with van der Waals surface area (Å²) in [5.74, 6) is 2.40. The molecule has 0 spiro atoms. The SMILES string of the molecule is COc1ccccc1CNc1ncncc1-c1nc(C)no1. The quantitative estimate of drug-likeness (QED) is 0.774. The zero-order chi connectivity index (χ0) is 15.4.